The Bertz CT molecular complexity index is 1190. The number of nitrogens with one attached hydrogen (secondary N) is 3. The number of nitriles is 1. The molecule has 0 amide bonds. The molecular formula is C21H29N9O4S. The molecule has 13 nitrogen and oxygen atoms in total. The predicted octanol–water partition coefficient (Wildman–Crippen LogP) is 0.942. The largest absolute Gasteiger partial charge is 0.481 e. The van der Waals surface area contributed by atoms with Crippen LogP contribution in [0.1, 0.15) is 37.8 Å². The summed E-state index contributed by atoms with van der Waals surface area (Å²) in [6.07, 6.45) is 3.91. The molecule has 14 heteroatoms. The average Bonchev–Trinajstić information content (AvgIpc) is 3.25. The van der Waals surface area contributed by atoms with E-state index in [-0.39, 0.29) is 43.7 Å². The van der Waals surface area contributed by atoms with Gasteiger partial charge in [-0.1, -0.05) is 6.42 Å². The van der Waals surface area contributed by atoms with Gasteiger partial charge in [-0.2, -0.15) is 37.4 Å². The lowest BCUT2D eigenvalue weighted by molar-refractivity contribution is 0.0983. The molecule has 3 aliphatic rings. The Balaban J connectivity index is 1.29. The summed E-state index contributed by atoms with van der Waals surface area (Å²) in [4.78, 5) is 8.95. The standard InChI is InChI=1S/C21H29N9O4S/c1-34-20-8-18(24-19-7-15(12-31)27-28-19)25-21(26-20)23-14-5-16-3-2-4-17(6-14)30(16)35(32,33)29-10-13(9-22)11-29/h7-8,13-14,16-17,31H,2-6,10-12H2,1H3,(H3,23,24,25,26,27,28)/t14?,16-,17+. The van der Waals surface area contributed by atoms with Crippen LogP contribution in [0, 0.1) is 17.2 Å². The third-order valence-corrected chi connectivity index (χ3v) is 8.91. The van der Waals surface area contributed by atoms with Crippen molar-refractivity contribution >= 4 is 27.8 Å². The number of H-pyrrole nitrogens is 1. The molecule has 0 saturated carbocycles. The monoisotopic (exact) mass is 503 g/mol. The zero-order valence-corrected chi connectivity index (χ0v) is 20.2. The van der Waals surface area contributed by atoms with E-state index in [4.69, 9.17) is 10.00 Å². The topological polar surface area (TPSA) is 172 Å². The summed E-state index contributed by atoms with van der Waals surface area (Å²) in [5.74, 6) is 1.50. The molecule has 3 fully saturated rings. The Labute approximate surface area is 203 Å². The minimum Gasteiger partial charge on any atom is -0.481 e. The predicted molar refractivity (Wildman–Crippen MR) is 126 cm³/mol. The zero-order valence-electron chi connectivity index (χ0n) is 19.4. The molecule has 0 radical (unpaired) electrons. The van der Waals surface area contributed by atoms with E-state index in [0.717, 1.165) is 19.3 Å². The zero-order chi connectivity index (χ0) is 24.6. The first-order chi connectivity index (χ1) is 16.9. The van der Waals surface area contributed by atoms with Crippen LogP contribution in [0.15, 0.2) is 12.1 Å². The number of aliphatic hydroxyl groups is 1. The van der Waals surface area contributed by atoms with Crippen molar-refractivity contribution in [1.82, 2.24) is 28.8 Å². The summed E-state index contributed by atoms with van der Waals surface area (Å²) in [5.41, 5.74) is 0.571. The molecule has 0 spiro atoms. The van der Waals surface area contributed by atoms with Crippen LogP contribution in [-0.2, 0) is 16.8 Å². The highest BCUT2D eigenvalue weighted by Gasteiger charge is 2.49. The van der Waals surface area contributed by atoms with E-state index in [2.05, 4.69) is 36.9 Å². The molecule has 0 aliphatic carbocycles. The summed E-state index contributed by atoms with van der Waals surface area (Å²) in [6.45, 7) is 0.404. The molecule has 3 saturated heterocycles. The number of ether oxygens (including phenoxy) is 1. The van der Waals surface area contributed by atoms with Crippen LogP contribution in [0.3, 0.4) is 0 Å². The van der Waals surface area contributed by atoms with Gasteiger partial charge >= 0.3 is 0 Å². The van der Waals surface area contributed by atoms with Crippen molar-refractivity contribution in [2.45, 2.75) is 56.8 Å². The number of aromatic amines is 1. The van der Waals surface area contributed by atoms with Crippen molar-refractivity contribution in [2.75, 3.05) is 30.8 Å². The Morgan fingerprint density at radius 3 is 2.60 bits per heavy atom. The number of aliphatic hydroxyl groups excluding tert-OH is 1. The van der Waals surface area contributed by atoms with Crippen LogP contribution >= 0.6 is 0 Å². The average molecular weight is 504 g/mol. The molecule has 4 N–H and O–H groups in total. The third-order valence-electron chi connectivity index (χ3n) is 6.83. The van der Waals surface area contributed by atoms with E-state index in [1.807, 2.05) is 0 Å². The molecule has 5 heterocycles. The molecule has 2 aromatic heterocycles. The van der Waals surface area contributed by atoms with Gasteiger partial charge < -0.3 is 20.5 Å². The maximum absolute atomic E-state index is 13.3. The highest BCUT2D eigenvalue weighted by atomic mass is 32.2. The van der Waals surface area contributed by atoms with Crippen LogP contribution in [0.4, 0.5) is 17.6 Å². The van der Waals surface area contributed by atoms with Crippen molar-refractivity contribution < 1.29 is 18.3 Å². The van der Waals surface area contributed by atoms with E-state index < -0.39 is 10.2 Å². The molecule has 2 aromatic rings. The second-order valence-electron chi connectivity index (χ2n) is 9.21. The number of piperidine rings is 2. The Morgan fingerprint density at radius 2 is 1.97 bits per heavy atom. The maximum Gasteiger partial charge on any atom is 0.282 e. The lowest BCUT2D eigenvalue weighted by atomic mass is 9.84. The van der Waals surface area contributed by atoms with Crippen LogP contribution < -0.4 is 15.4 Å². The summed E-state index contributed by atoms with van der Waals surface area (Å²) >= 11 is 0. The molecule has 1 unspecified atom stereocenters. The van der Waals surface area contributed by atoms with Crippen molar-refractivity contribution in [1.29, 1.82) is 5.26 Å². The molecule has 0 aromatic carbocycles. The number of anilines is 3. The van der Waals surface area contributed by atoms with Gasteiger partial charge in [0.15, 0.2) is 5.82 Å². The van der Waals surface area contributed by atoms with Crippen LogP contribution in [0.25, 0.3) is 0 Å². The lowest BCUT2D eigenvalue weighted by Crippen LogP contribution is -2.63. The van der Waals surface area contributed by atoms with Crippen molar-refractivity contribution in [3.05, 3.63) is 17.8 Å². The van der Waals surface area contributed by atoms with Gasteiger partial charge in [0.2, 0.25) is 11.8 Å². The van der Waals surface area contributed by atoms with Gasteiger partial charge in [-0.25, -0.2) is 0 Å². The number of hydrogen-bond acceptors (Lipinski definition) is 10. The van der Waals surface area contributed by atoms with E-state index in [1.54, 1.807) is 16.4 Å². The van der Waals surface area contributed by atoms with Gasteiger partial charge in [-0.15, -0.1) is 0 Å². The molecule has 2 bridgehead atoms. The highest BCUT2D eigenvalue weighted by molar-refractivity contribution is 7.86. The summed E-state index contributed by atoms with van der Waals surface area (Å²) in [5, 5.41) is 31.5. The molecule has 35 heavy (non-hydrogen) atoms. The quantitative estimate of drug-likeness (QED) is 0.406. The Hall–Kier alpha value is -2.99. The van der Waals surface area contributed by atoms with Gasteiger partial charge in [0.1, 0.15) is 5.82 Å². The van der Waals surface area contributed by atoms with Gasteiger partial charge in [0.05, 0.1) is 31.4 Å². The normalized spacial score (nSPS) is 25.5. The maximum atomic E-state index is 13.3. The van der Waals surface area contributed by atoms with Gasteiger partial charge in [0, 0.05) is 43.3 Å². The molecular weight excluding hydrogens is 474 g/mol. The number of rotatable bonds is 8. The van der Waals surface area contributed by atoms with Crippen molar-refractivity contribution in [3.63, 3.8) is 0 Å². The first kappa shape index (κ1) is 23.7. The Kier molecular flexibility index (Phi) is 6.49. The van der Waals surface area contributed by atoms with Crippen LogP contribution in [0.2, 0.25) is 0 Å². The number of nitrogens with zero attached hydrogens (tertiary/aromatic N) is 6. The minimum atomic E-state index is -3.58. The summed E-state index contributed by atoms with van der Waals surface area (Å²) in [7, 11) is -2.05. The fourth-order valence-electron chi connectivity index (χ4n) is 5.15. The summed E-state index contributed by atoms with van der Waals surface area (Å²) in [6, 6.07) is 5.27. The smallest absolute Gasteiger partial charge is 0.282 e. The first-order valence-electron chi connectivity index (χ1n) is 11.7. The van der Waals surface area contributed by atoms with Gasteiger partial charge in [0.25, 0.3) is 10.2 Å². The molecule has 188 valence electrons. The number of fused-ring (bicyclic) bond motifs is 2. The second-order valence-corrected chi connectivity index (χ2v) is 11.0. The fraction of sp³-hybridized carbons (Fsp3) is 0.619. The van der Waals surface area contributed by atoms with Gasteiger partial charge in [-0.05, 0) is 25.7 Å². The van der Waals surface area contributed by atoms with Crippen LogP contribution in [0.5, 0.6) is 5.88 Å². The van der Waals surface area contributed by atoms with E-state index in [0.29, 0.717) is 42.0 Å². The van der Waals surface area contributed by atoms with Crippen LogP contribution in [-0.4, -0.2) is 80.6 Å². The van der Waals surface area contributed by atoms with E-state index >= 15 is 0 Å². The third kappa shape index (κ3) is 4.76. The van der Waals surface area contributed by atoms with Crippen molar-refractivity contribution in [3.8, 4) is 11.9 Å². The number of aromatic nitrogens is 4. The first-order valence-corrected chi connectivity index (χ1v) is 13.1. The fourth-order valence-corrected chi connectivity index (χ4v) is 7.29. The second kappa shape index (κ2) is 9.57. The van der Waals surface area contributed by atoms with Gasteiger partial charge in [-0.3, -0.25) is 5.10 Å². The SMILES string of the molecule is COc1cc(Nc2cc(CO)[nH]n2)nc(NC2C[C@H]3CCC[C@@H](C2)N3S(=O)(=O)N2CC(C#N)C2)n1. The number of methoxy groups -OCH3 is 1. The number of hydrogen-bond donors (Lipinski definition) is 4. The molecule has 3 aliphatic heterocycles. The summed E-state index contributed by atoms with van der Waals surface area (Å²) < 4.78 is 35.0. The minimum absolute atomic E-state index is 0.00586. The van der Waals surface area contributed by atoms with E-state index in [1.165, 1.54) is 11.4 Å². The van der Waals surface area contributed by atoms with Crippen molar-refractivity contribution in [2.24, 2.45) is 5.92 Å². The molecule has 3 atom stereocenters. The molecule has 5 rings (SSSR count). The lowest BCUT2D eigenvalue weighted by Gasteiger charge is -2.50. The highest BCUT2D eigenvalue weighted by Crippen LogP contribution is 2.39. The Morgan fingerprint density at radius 1 is 1.23 bits per heavy atom. The van der Waals surface area contributed by atoms with E-state index in [9.17, 15) is 13.5 Å².